The van der Waals surface area contributed by atoms with Crippen molar-refractivity contribution < 1.29 is 27.8 Å². The zero-order valence-electron chi connectivity index (χ0n) is 24.1. The largest absolute Gasteiger partial charge is 0.512 e. The van der Waals surface area contributed by atoms with E-state index in [1.807, 2.05) is 50.2 Å². The fraction of sp³-hybridized carbons (Fsp3) is 0.375. The van der Waals surface area contributed by atoms with Gasteiger partial charge in [-0.1, -0.05) is 68.8 Å². The summed E-state index contributed by atoms with van der Waals surface area (Å²) in [7, 11) is -1.50. The Labute approximate surface area is 250 Å². The molecule has 2 N–H and O–H groups in total. The Bertz CT molecular complexity index is 1490. The summed E-state index contributed by atoms with van der Waals surface area (Å²) in [6.45, 7) is 4.30. The summed E-state index contributed by atoms with van der Waals surface area (Å²) in [6.07, 6.45) is 5.51. The molecule has 0 bridgehead atoms. The number of pyridine rings is 1. The number of anilines is 1. The summed E-state index contributed by atoms with van der Waals surface area (Å²) in [4.78, 5) is 17.6. The molecule has 0 spiro atoms. The van der Waals surface area contributed by atoms with E-state index in [2.05, 4.69) is 18.9 Å². The summed E-state index contributed by atoms with van der Waals surface area (Å²) < 4.78 is 40.1. The second-order valence-electron chi connectivity index (χ2n) is 10.6. The van der Waals surface area contributed by atoms with Crippen LogP contribution in [0, 0.1) is 0 Å². The first-order valence-electron chi connectivity index (χ1n) is 14.2. The van der Waals surface area contributed by atoms with Crippen LogP contribution in [-0.2, 0) is 37.3 Å². The molecule has 1 unspecified atom stereocenters. The van der Waals surface area contributed by atoms with Crippen molar-refractivity contribution in [2.24, 2.45) is 0 Å². The number of carbonyl (C=O) groups is 1. The van der Waals surface area contributed by atoms with Gasteiger partial charge in [-0.05, 0) is 60.6 Å². The smallest absolute Gasteiger partial charge is 0.338 e. The number of aliphatic hydroxyl groups is 1. The van der Waals surface area contributed by atoms with E-state index >= 15 is 0 Å². The maximum absolute atomic E-state index is 13.5. The van der Waals surface area contributed by atoms with Crippen molar-refractivity contribution in [2.45, 2.75) is 75.5 Å². The van der Waals surface area contributed by atoms with Gasteiger partial charge in [0.1, 0.15) is 11.4 Å². The molecule has 1 aromatic heterocycles. The second kappa shape index (κ2) is 14.3. The molecule has 0 saturated carbocycles. The Balaban J connectivity index is 1.54. The number of hydrogen-bond donors (Lipinski definition) is 2. The molecular weight excluding hydrogens is 571 g/mol. The number of aryl methyl sites for hydroxylation is 1. The van der Waals surface area contributed by atoms with Gasteiger partial charge in [0.05, 0.1) is 18.5 Å². The quantitative estimate of drug-likeness (QED) is 0.155. The predicted molar refractivity (Wildman–Crippen MR) is 167 cm³/mol. The highest BCUT2D eigenvalue weighted by Gasteiger charge is 2.43. The maximum Gasteiger partial charge on any atom is 0.338 e. The van der Waals surface area contributed by atoms with Gasteiger partial charge in [-0.2, -0.15) is 8.42 Å². The van der Waals surface area contributed by atoms with Crippen LogP contribution in [-0.4, -0.2) is 36.4 Å². The van der Waals surface area contributed by atoms with Crippen LogP contribution in [0.4, 0.5) is 5.69 Å². The number of esters is 1. The fourth-order valence-electron chi connectivity index (χ4n) is 5.49. The van der Waals surface area contributed by atoms with E-state index in [9.17, 15) is 18.3 Å². The Morgan fingerprint density at radius 2 is 1.86 bits per heavy atom. The van der Waals surface area contributed by atoms with E-state index < -0.39 is 27.5 Å². The average Bonchev–Trinajstić information content (AvgIpc) is 2.98. The van der Waals surface area contributed by atoms with Crippen LogP contribution in [0.15, 0.2) is 89.3 Å². The first-order chi connectivity index (χ1) is 20.2. The van der Waals surface area contributed by atoms with Crippen molar-refractivity contribution in [3.8, 4) is 0 Å². The summed E-state index contributed by atoms with van der Waals surface area (Å²) in [5, 5.41) is 11.2. The van der Waals surface area contributed by atoms with Gasteiger partial charge < -0.3 is 14.6 Å². The first kappa shape index (κ1) is 31.7. The van der Waals surface area contributed by atoms with E-state index in [0.717, 1.165) is 24.0 Å². The highest BCUT2D eigenvalue weighted by atomic mass is 32.2. The van der Waals surface area contributed by atoms with E-state index in [0.29, 0.717) is 43.5 Å². The third kappa shape index (κ3) is 7.77. The Hall–Kier alpha value is -3.26. The lowest BCUT2D eigenvalue weighted by Crippen LogP contribution is -2.41. The van der Waals surface area contributed by atoms with Gasteiger partial charge in [0, 0.05) is 24.2 Å². The van der Waals surface area contributed by atoms with Crippen LogP contribution in [0.2, 0.25) is 0 Å². The molecule has 10 heteroatoms. The van der Waals surface area contributed by atoms with Crippen molar-refractivity contribution in [1.29, 1.82) is 0 Å². The zero-order chi connectivity index (χ0) is 30.2. The molecule has 4 rings (SSSR count). The third-order valence-electron chi connectivity index (χ3n) is 7.50. The topological polar surface area (TPSA) is 115 Å². The normalized spacial score (nSPS) is 18.0. The third-order valence-corrected chi connectivity index (χ3v) is 9.04. The standard InChI is InChI=1S/C32H39N2O6PS/c1-3-16-32(17-15-23-9-6-5-7-10-23)19-28(35)30(31(36)40-32)27(4-2)25-11-8-12-26(18-25)34-42(37,38)29-14-13-24(20-33-29)21-39-22-41/h5-14,18,20,27,34-35H,3-4,15-17,19,21-22,41H2,1-2H3/t27-,32-/m1/s1. The molecule has 0 aliphatic carbocycles. The van der Waals surface area contributed by atoms with Crippen LogP contribution in [0.5, 0.6) is 0 Å². The predicted octanol–water partition coefficient (Wildman–Crippen LogP) is 6.66. The summed E-state index contributed by atoms with van der Waals surface area (Å²) >= 11 is 0. The van der Waals surface area contributed by atoms with Crippen LogP contribution in [0.25, 0.3) is 0 Å². The molecule has 8 nitrogen and oxygen atoms in total. The van der Waals surface area contributed by atoms with E-state index in [4.69, 9.17) is 9.47 Å². The molecule has 2 heterocycles. The highest BCUT2D eigenvalue weighted by molar-refractivity contribution is 7.92. The van der Waals surface area contributed by atoms with E-state index in [1.54, 1.807) is 24.3 Å². The highest BCUT2D eigenvalue weighted by Crippen LogP contribution is 2.42. The number of aliphatic hydroxyl groups excluding tert-OH is 1. The maximum atomic E-state index is 13.5. The van der Waals surface area contributed by atoms with Gasteiger partial charge >= 0.3 is 5.97 Å². The van der Waals surface area contributed by atoms with Gasteiger partial charge in [0.15, 0.2) is 5.03 Å². The number of carbonyl (C=O) groups excluding carboxylic acids is 1. The molecular formula is C32H39N2O6PS. The van der Waals surface area contributed by atoms with Gasteiger partial charge in [0.25, 0.3) is 10.0 Å². The number of nitrogens with zero attached hydrogens (tertiary/aromatic N) is 1. The minimum atomic E-state index is -3.96. The number of sulfonamides is 1. The van der Waals surface area contributed by atoms with Crippen molar-refractivity contribution in [1.82, 2.24) is 4.98 Å². The lowest BCUT2D eigenvalue weighted by molar-refractivity contribution is -0.161. The van der Waals surface area contributed by atoms with E-state index in [1.165, 1.54) is 12.3 Å². The summed E-state index contributed by atoms with van der Waals surface area (Å²) in [5.41, 5.74) is 2.40. The molecule has 0 amide bonds. The number of rotatable bonds is 14. The molecule has 0 saturated heterocycles. The van der Waals surface area contributed by atoms with Crippen molar-refractivity contribution >= 4 is 30.9 Å². The van der Waals surface area contributed by atoms with Crippen molar-refractivity contribution in [3.05, 3.63) is 101 Å². The number of ether oxygens (including phenoxy) is 2. The van der Waals surface area contributed by atoms with Crippen LogP contribution in [0.3, 0.4) is 0 Å². The van der Waals surface area contributed by atoms with Gasteiger partial charge in [-0.15, -0.1) is 9.24 Å². The SMILES string of the molecule is CCC[C@@]1(CCc2ccccc2)CC(O)=C([C@H](CC)c2cccc(NS(=O)(=O)c3ccc(COCP)cn3)c2)C(=O)O1. The molecule has 224 valence electrons. The molecule has 2 aromatic carbocycles. The lowest BCUT2D eigenvalue weighted by Gasteiger charge is -2.38. The summed E-state index contributed by atoms with van der Waals surface area (Å²) in [6, 6.07) is 20.0. The van der Waals surface area contributed by atoms with Crippen molar-refractivity contribution in [2.75, 3.05) is 11.1 Å². The lowest BCUT2D eigenvalue weighted by atomic mass is 9.80. The minimum absolute atomic E-state index is 0.0422. The first-order valence-corrected chi connectivity index (χ1v) is 16.5. The second-order valence-corrected chi connectivity index (χ2v) is 12.5. The number of hydrogen-bond acceptors (Lipinski definition) is 7. The number of benzene rings is 2. The van der Waals surface area contributed by atoms with Crippen LogP contribution in [0.1, 0.15) is 68.6 Å². The van der Waals surface area contributed by atoms with Crippen molar-refractivity contribution in [3.63, 3.8) is 0 Å². The molecule has 3 atom stereocenters. The molecule has 0 fully saturated rings. The molecule has 42 heavy (non-hydrogen) atoms. The Morgan fingerprint density at radius 1 is 1.07 bits per heavy atom. The molecule has 0 radical (unpaired) electrons. The number of aromatic nitrogens is 1. The number of cyclic esters (lactones) is 1. The Morgan fingerprint density at radius 3 is 2.50 bits per heavy atom. The van der Waals surface area contributed by atoms with Crippen LogP contribution >= 0.6 is 9.24 Å². The fourth-order valence-corrected chi connectivity index (χ4v) is 6.59. The summed E-state index contributed by atoms with van der Waals surface area (Å²) in [5.74, 6) is -0.946. The Kier molecular flexibility index (Phi) is 10.8. The molecule has 1 aliphatic rings. The number of nitrogens with one attached hydrogen (secondary N) is 1. The molecule has 3 aromatic rings. The molecule has 1 aliphatic heterocycles. The monoisotopic (exact) mass is 610 g/mol. The van der Waals surface area contributed by atoms with Gasteiger partial charge in [-0.25, -0.2) is 9.78 Å². The average molecular weight is 611 g/mol. The zero-order valence-corrected chi connectivity index (χ0v) is 26.1. The van der Waals surface area contributed by atoms with Gasteiger partial charge in [0.2, 0.25) is 0 Å². The van der Waals surface area contributed by atoms with Crippen LogP contribution < -0.4 is 4.72 Å². The van der Waals surface area contributed by atoms with E-state index in [-0.39, 0.29) is 22.8 Å². The van der Waals surface area contributed by atoms with Gasteiger partial charge in [-0.3, -0.25) is 4.72 Å². The minimum Gasteiger partial charge on any atom is -0.512 e.